The quantitative estimate of drug-likeness (QED) is 0.713. The first-order valence-electron chi connectivity index (χ1n) is 7.56. The molecular weight excluding hydrogens is 359 g/mol. The van der Waals surface area contributed by atoms with Crippen LogP contribution in [0.2, 0.25) is 0 Å². The Labute approximate surface area is 144 Å². The smallest absolute Gasteiger partial charge is 0.225 e. The van der Waals surface area contributed by atoms with Crippen LogP contribution in [0.4, 0.5) is 10.1 Å². The molecule has 2 rings (SSSR count). The molecule has 2 aromatic rings. The highest BCUT2D eigenvalue weighted by atomic mass is 79.9. The Kier molecular flexibility index (Phi) is 6.74. The molecule has 0 bridgehead atoms. The highest BCUT2D eigenvalue weighted by molar-refractivity contribution is 9.10. The maximum Gasteiger partial charge on any atom is 0.225 e. The van der Waals surface area contributed by atoms with E-state index in [9.17, 15) is 9.18 Å². The van der Waals surface area contributed by atoms with Crippen LogP contribution < -0.4 is 10.6 Å². The molecule has 3 nitrogen and oxygen atoms in total. The van der Waals surface area contributed by atoms with Crippen molar-refractivity contribution in [2.45, 2.75) is 19.8 Å². The van der Waals surface area contributed by atoms with Gasteiger partial charge in [-0.05, 0) is 49.2 Å². The van der Waals surface area contributed by atoms with Gasteiger partial charge in [0.15, 0.2) is 0 Å². The molecule has 23 heavy (non-hydrogen) atoms. The van der Waals surface area contributed by atoms with Crippen molar-refractivity contribution in [2.24, 2.45) is 0 Å². The minimum absolute atomic E-state index is 0.0425. The molecule has 0 aliphatic heterocycles. The number of hydrogen-bond acceptors (Lipinski definition) is 2. The van der Waals surface area contributed by atoms with E-state index in [1.807, 2.05) is 31.2 Å². The number of anilines is 1. The molecule has 0 aliphatic rings. The molecule has 0 spiro atoms. The van der Waals surface area contributed by atoms with Crippen LogP contribution in [-0.2, 0) is 11.2 Å². The summed E-state index contributed by atoms with van der Waals surface area (Å²) in [6, 6.07) is 12.5. The zero-order valence-corrected chi connectivity index (χ0v) is 14.6. The molecule has 0 unspecified atom stereocenters. The number of carbonyl (C=O) groups is 1. The molecule has 0 atom stereocenters. The van der Waals surface area contributed by atoms with Crippen LogP contribution >= 0.6 is 15.9 Å². The van der Waals surface area contributed by atoms with Gasteiger partial charge in [-0.3, -0.25) is 4.79 Å². The van der Waals surface area contributed by atoms with E-state index in [0.717, 1.165) is 15.7 Å². The number of carbonyl (C=O) groups excluding carboxylic acids is 1. The Morgan fingerprint density at radius 2 is 1.96 bits per heavy atom. The SMILES string of the molecule is Cc1ccc(NC(=O)CCNCCc2ccccc2F)cc1Br. The maximum atomic E-state index is 13.4. The van der Waals surface area contributed by atoms with Crippen molar-refractivity contribution in [1.29, 1.82) is 0 Å². The van der Waals surface area contributed by atoms with E-state index in [2.05, 4.69) is 26.6 Å². The van der Waals surface area contributed by atoms with Gasteiger partial charge >= 0.3 is 0 Å². The molecule has 2 aromatic carbocycles. The minimum atomic E-state index is -0.183. The summed E-state index contributed by atoms with van der Waals surface area (Å²) in [7, 11) is 0. The van der Waals surface area contributed by atoms with Gasteiger partial charge in [0.1, 0.15) is 5.82 Å². The Morgan fingerprint density at radius 3 is 2.70 bits per heavy atom. The Morgan fingerprint density at radius 1 is 1.17 bits per heavy atom. The summed E-state index contributed by atoms with van der Waals surface area (Å²) in [5.74, 6) is -0.226. The summed E-state index contributed by atoms with van der Waals surface area (Å²) >= 11 is 3.44. The van der Waals surface area contributed by atoms with E-state index in [0.29, 0.717) is 31.5 Å². The molecule has 5 heteroatoms. The molecule has 1 amide bonds. The number of hydrogen-bond donors (Lipinski definition) is 2. The van der Waals surface area contributed by atoms with Crippen molar-refractivity contribution >= 4 is 27.5 Å². The highest BCUT2D eigenvalue weighted by Crippen LogP contribution is 2.20. The second-order valence-electron chi connectivity index (χ2n) is 5.35. The Hall–Kier alpha value is -1.72. The van der Waals surface area contributed by atoms with Crippen molar-refractivity contribution < 1.29 is 9.18 Å². The molecule has 0 aliphatic carbocycles. The van der Waals surface area contributed by atoms with Gasteiger partial charge in [-0.2, -0.15) is 0 Å². The monoisotopic (exact) mass is 378 g/mol. The van der Waals surface area contributed by atoms with E-state index in [4.69, 9.17) is 0 Å². The lowest BCUT2D eigenvalue weighted by Crippen LogP contribution is -2.23. The van der Waals surface area contributed by atoms with Gasteiger partial charge in [-0.15, -0.1) is 0 Å². The molecule has 2 N–H and O–H groups in total. The second kappa shape index (κ2) is 8.79. The number of nitrogens with one attached hydrogen (secondary N) is 2. The van der Waals surface area contributed by atoms with Gasteiger partial charge in [-0.1, -0.05) is 40.2 Å². The molecule has 0 fully saturated rings. The fraction of sp³-hybridized carbons (Fsp3) is 0.278. The third-order valence-electron chi connectivity index (χ3n) is 3.51. The number of rotatable bonds is 7. The maximum absolute atomic E-state index is 13.4. The standard InChI is InChI=1S/C18H20BrFN2O/c1-13-6-7-15(12-16(13)19)22-18(23)9-11-21-10-8-14-4-2-3-5-17(14)20/h2-7,12,21H,8-11H2,1H3,(H,22,23). The average Bonchev–Trinajstić information content (AvgIpc) is 2.52. The number of benzene rings is 2. The van der Waals surface area contributed by atoms with Crippen LogP contribution in [-0.4, -0.2) is 19.0 Å². The van der Waals surface area contributed by atoms with Crippen molar-refractivity contribution in [3.8, 4) is 0 Å². The predicted octanol–water partition coefficient (Wildman–Crippen LogP) is 4.06. The minimum Gasteiger partial charge on any atom is -0.326 e. The third kappa shape index (κ3) is 5.77. The normalized spacial score (nSPS) is 10.6. The number of aryl methyl sites for hydroxylation is 1. The van der Waals surface area contributed by atoms with Crippen LogP contribution in [0.3, 0.4) is 0 Å². The second-order valence-corrected chi connectivity index (χ2v) is 6.21. The van der Waals surface area contributed by atoms with E-state index in [1.54, 1.807) is 12.1 Å². The lowest BCUT2D eigenvalue weighted by molar-refractivity contribution is -0.116. The zero-order valence-electron chi connectivity index (χ0n) is 13.0. The van der Waals surface area contributed by atoms with E-state index < -0.39 is 0 Å². The van der Waals surface area contributed by atoms with Crippen molar-refractivity contribution in [2.75, 3.05) is 18.4 Å². The molecule has 0 saturated heterocycles. The molecular formula is C18H20BrFN2O. The van der Waals surface area contributed by atoms with Crippen LogP contribution in [0, 0.1) is 12.7 Å². The molecule has 0 radical (unpaired) electrons. The van der Waals surface area contributed by atoms with Gasteiger partial charge in [0, 0.05) is 23.1 Å². The first-order valence-corrected chi connectivity index (χ1v) is 8.35. The zero-order chi connectivity index (χ0) is 16.7. The van der Waals surface area contributed by atoms with Crippen LogP contribution in [0.25, 0.3) is 0 Å². The Balaban J connectivity index is 1.67. The summed E-state index contributed by atoms with van der Waals surface area (Å²) in [4.78, 5) is 11.9. The van der Waals surface area contributed by atoms with Gasteiger partial charge < -0.3 is 10.6 Å². The van der Waals surface area contributed by atoms with Crippen molar-refractivity contribution in [1.82, 2.24) is 5.32 Å². The average molecular weight is 379 g/mol. The fourth-order valence-electron chi connectivity index (χ4n) is 2.15. The lowest BCUT2D eigenvalue weighted by atomic mass is 10.1. The first-order chi connectivity index (χ1) is 11.1. The number of halogens is 2. The van der Waals surface area contributed by atoms with Crippen molar-refractivity contribution in [3.63, 3.8) is 0 Å². The Bertz CT molecular complexity index is 676. The largest absolute Gasteiger partial charge is 0.326 e. The van der Waals surface area contributed by atoms with E-state index in [-0.39, 0.29) is 11.7 Å². The summed E-state index contributed by atoms with van der Waals surface area (Å²) in [6.07, 6.45) is 0.988. The van der Waals surface area contributed by atoms with Crippen LogP contribution in [0.1, 0.15) is 17.5 Å². The highest BCUT2D eigenvalue weighted by Gasteiger charge is 2.04. The topological polar surface area (TPSA) is 41.1 Å². The third-order valence-corrected chi connectivity index (χ3v) is 4.37. The molecule has 0 heterocycles. The van der Waals surface area contributed by atoms with Crippen LogP contribution in [0.5, 0.6) is 0 Å². The molecule has 0 saturated carbocycles. The van der Waals surface area contributed by atoms with Crippen LogP contribution in [0.15, 0.2) is 46.9 Å². The summed E-state index contributed by atoms with van der Waals surface area (Å²) in [6.45, 7) is 3.20. The van der Waals surface area contributed by atoms with Gasteiger partial charge in [0.2, 0.25) is 5.91 Å². The summed E-state index contributed by atoms with van der Waals surface area (Å²) < 4.78 is 14.4. The van der Waals surface area contributed by atoms with Gasteiger partial charge in [0.05, 0.1) is 0 Å². The van der Waals surface area contributed by atoms with E-state index >= 15 is 0 Å². The van der Waals surface area contributed by atoms with E-state index in [1.165, 1.54) is 6.07 Å². The molecule has 122 valence electrons. The molecule has 0 aromatic heterocycles. The first kappa shape index (κ1) is 17.6. The van der Waals surface area contributed by atoms with Crippen molar-refractivity contribution in [3.05, 3.63) is 63.9 Å². The lowest BCUT2D eigenvalue weighted by Gasteiger charge is -2.08. The summed E-state index contributed by atoms with van der Waals surface area (Å²) in [5.41, 5.74) is 2.59. The summed E-state index contributed by atoms with van der Waals surface area (Å²) in [5, 5.41) is 6.02. The van der Waals surface area contributed by atoms with Gasteiger partial charge in [-0.25, -0.2) is 4.39 Å². The predicted molar refractivity (Wildman–Crippen MR) is 95.1 cm³/mol. The fourth-order valence-corrected chi connectivity index (χ4v) is 2.52. The van der Waals surface area contributed by atoms with Gasteiger partial charge in [0.25, 0.3) is 0 Å². The number of amides is 1.